The fourth-order valence-electron chi connectivity index (χ4n) is 1.91. The highest BCUT2D eigenvalue weighted by Crippen LogP contribution is 2.22. The molecule has 0 aliphatic carbocycles. The van der Waals surface area contributed by atoms with Crippen LogP contribution in [0.2, 0.25) is 5.02 Å². The molecule has 0 aliphatic heterocycles. The number of hydrogen-bond acceptors (Lipinski definition) is 2. The smallest absolute Gasteiger partial charge is 0.123 e. The van der Waals surface area contributed by atoms with Crippen LogP contribution in [-0.4, -0.2) is 13.7 Å². The molecule has 0 spiro atoms. The van der Waals surface area contributed by atoms with Crippen molar-refractivity contribution >= 4 is 11.6 Å². The highest BCUT2D eigenvalue weighted by molar-refractivity contribution is 6.30. The van der Waals surface area contributed by atoms with E-state index < -0.39 is 0 Å². The van der Waals surface area contributed by atoms with E-state index in [0.717, 1.165) is 35.3 Å². The van der Waals surface area contributed by atoms with Crippen LogP contribution in [-0.2, 0) is 6.54 Å². The second kappa shape index (κ2) is 8.39. The van der Waals surface area contributed by atoms with E-state index >= 15 is 0 Å². The van der Waals surface area contributed by atoms with Crippen LogP contribution in [0, 0.1) is 5.92 Å². The van der Waals surface area contributed by atoms with Gasteiger partial charge in [-0.05, 0) is 37.1 Å². The third-order valence-electron chi connectivity index (χ3n) is 2.94. The first-order chi connectivity index (χ1) is 8.63. The Morgan fingerprint density at radius 1 is 1.28 bits per heavy atom. The standard InChI is InChI=1S/C15H24ClNO/c1-12(2)6-4-5-9-17-11-13-10-14(16)7-8-15(13)18-3/h7-8,10,12,17H,4-6,9,11H2,1-3H3. The Balaban J connectivity index is 2.28. The molecule has 0 bridgehead atoms. The van der Waals surface area contributed by atoms with Gasteiger partial charge in [0.15, 0.2) is 0 Å². The lowest BCUT2D eigenvalue weighted by Crippen LogP contribution is -2.15. The molecule has 0 aromatic heterocycles. The number of hydrogen-bond donors (Lipinski definition) is 1. The Hall–Kier alpha value is -0.730. The van der Waals surface area contributed by atoms with Crippen molar-refractivity contribution in [1.29, 1.82) is 0 Å². The molecule has 3 heteroatoms. The number of rotatable bonds is 8. The SMILES string of the molecule is COc1ccc(Cl)cc1CNCCCCC(C)C. The van der Waals surface area contributed by atoms with Gasteiger partial charge in [0, 0.05) is 17.1 Å². The summed E-state index contributed by atoms with van der Waals surface area (Å²) in [5, 5.41) is 4.20. The number of ether oxygens (including phenoxy) is 1. The lowest BCUT2D eigenvalue weighted by molar-refractivity contribution is 0.407. The fourth-order valence-corrected chi connectivity index (χ4v) is 2.11. The summed E-state index contributed by atoms with van der Waals surface area (Å²) in [6.45, 7) is 6.39. The molecule has 0 heterocycles. The van der Waals surface area contributed by atoms with Crippen LogP contribution < -0.4 is 10.1 Å². The first kappa shape index (κ1) is 15.3. The van der Waals surface area contributed by atoms with E-state index in [-0.39, 0.29) is 0 Å². The predicted octanol–water partition coefficient (Wildman–Crippen LogP) is 4.26. The normalized spacial score (nSPS) is 10.9. The molecule has 0 saturated carbocycles. The lowest BCUT2D eigenvalue weighted by Gasteiger charge is -2.10. The zero-order valence-corrected chi connectivity index (χ0v) is 12.4. The van der Waals surface area contributed by atoms with Crippen molar-refractivity contribution < 1.29 is 4.74 Å². The van der Waals surface area contributed by atoms with Crippen molar-refractivity contribution in [2.45, 2.75) is 39.7 Å². The summed E-state index contributed by atoms with van der Waals surface area (Å²) < 4.78 is 5.31. The Morgan fingerprint density at radius 2 is 2.06 bits per heavy atom. The first-order valence-corrected chi connectivity index (χ1v) is 7.04. The minimum Gasteiger partial charge on any atom is -0.496 e. The highest BCUT2D eigenvalue weighted by atomic mass is 35.5. The maximum Gasteiger partial charge on any atom is 0.123 e. The molecule has 0 aliphatic rings. The van der Waals surface area contributed by atoms with Gasteiger partial charge in [-0.25, -0.2) is 0 Å². The summed E-state index contributed by atoms with van der Waals surface area (Å²) in [6, 6.07) is 5.73. The van der Waals surface area contributed by atoms with Crippen LogP contribution in [0.5, 0.6) is 5.75 Å². The number of benzene rings is 1. The number of methoxy groups -OCH3 is 1. The van der Waals surface area contributed by atoms with Crippen LogP contribution in [0.4, 0.5) is 0 Å². The molecule has 0 unspecified atom stereocenters. The zero-order valence-electron chi connectivity index (χ0n) is 11.6. The molecule has 0 atom stereocenters. The Bertz CT molecular complexity index is 352. The molecule has 0 amide bonds. The van der Waals surface area contributed by atoms with E-state index in [1.807, 2.05) is 18.2 Å². The molecule has 0 saturated heterocycles. The average Bonchev–Trinajstić information content (AvgIpc) is 2.33. The monoisotopic (exact) mass is 269 g/mol. The van der Waals surface area contributed by atoms with Crippen LogP contribution in [0.15, 0.2) is 18.2 Å². The van der Waals surface area contributed by atoms with Gasteiger partial charge in [-0.2, -0.15) is 0 Å². The second-order valence-corrected chi connectivity index (χ2v) is 5.46. The third kappa shape index (κ3) is 5.74. The van der Waals surface area contributed by atoms with Crippen molar-refractivity contribution in [3.63, 3.8) is 0 Å². The van der Waals surface area contributed by atoms with Gasteiger partial charge in [-0.15, -0.1) is 0 Å². The zero-order chi connectivity index (χ0) is 13.4. The maximum atomic E-state index is 5.99. The van der Waals surface area contributed by atoms with E-state index in [9.17, 15) is 0 Å². The summed E-state index contributed by atoms with van der Waals surface area (Å²) in [5.41, 5.74) is 1.12. The van der Waals surface area contributed by atoms with Gasteiger partial charge in [0.05, 0.1) is 7.11 Å². The molecular formula is C15H24ClNO. The quantitative estimate of drug-likeness (QED) is 0.712. The summed E-state index contributed by atoms with van der Waals surface area (Å²) in [6.07, 6.45) is 3.82. The predicted molar refractivity (Wildman–Crippen MR) is 78.4 cm³/mol. The molecule has 1 aromatic carbocycles. The van der Waals surface area contributed by atoms with Crippen LogP contribution >= 0.6 is 11.6 Å². The molecule has 0 fully saturated rings. The molecule has 18 heavy (non-hydrogen) atoms. The Morgan fingerprint density at radius 3 is 2.72 bits per heavy atom. The summed E-state index contributed by atoms with van der Waals surface area (Å²) >= 11 is 5.99. The Kier molecular flexibility index (Phi) is 7.14. The molecule has 2 nitrogen and oxygen atoms in total. The number of unbranched alkanes of at least 4 members (excludes halogenated alkanes) is 1. The molecule has 1 aromatic rings. The van der Waals surface area contributed by atoms with Crippen LogP contribution in [0.25, 0.3) is 0 Å². The van der Waals surface area contributed by atoms with E-state index in [4.69, 9.17) is 16.3 Å². The van der Waals surface area contributed by atoms with Gasteiger partial charge in [0.25, 0.3) is 0 Å². The average molecular weight is 270 g/mol. The van der Waals surface area contributed by atoms with E-state index in [0.29, 0.717) is 0 Å². The van der Waals surface area contributed by atoms with Gasteiger partial charge in [-0.3, -0.25) is 0 Å². The highest BCUT2D eigenvalue weighted by Gasteiger charge is 2.03. The van der Waals surface area contributed by atoms with Gasteiger partial charge in [0.1, 0.15) is 5.75 Å². The minimum atomic E-state index is 0.757. The second-order valence-electron chi connectivity index (χ2n) is 5.02. The molecule has 1 rings (SSSR count). The Labute approximate surface area is 116 Å². The molecule has 1 N–H and O–H groups in total. The largest absolute Gasteiger partial charge is 0.496 e. The van der Waals surface area contributed by atoms with Crippen molar-refractivity contribution in [2.24, 2.45) is 5.92 Å². The summed E-state index contributed by atoms with van der Waals surface area (Å²) in [5.74, 6) is 1.70. The topological polar surface area (TPSA) is 21.3 Å². The van der Waals surface area contributed by atoms with Crippen molar-refractivity contribution in [2.75, 3.05) is 13.7 Å². The van der Waals surface area contributed by atoms with Gasteiger partial charge in [0.2, 0.25) is 0 Å². The van der Waals surface area contributed by atoms with E-state index in [2.05, 4.69) is 19.2 Å². The van der Waals surface area contributed by atoms with Gasteiger partial charge >= 0.3 is 0 Å². The van der Waals surface area contributed by atoms with Gasteiger partial charge in [-0.1, -0.05) is 38.3 Å². The fraction of sp³-hybridized carbons (Fsp3) is 0.600. The van der Waals surface area contributed by atoms with Crippen molar-refractivity contribution in [3.8, 4) is 5.75 Å². The summed E-state index contributed by atoms with van der Waals surface area (Å²) in [7, 11) is 1.69. The lowest BCUT2D eigenvalue weighted by atomic mass is 10.1. The van der Waals surface area contributed by atoms with E-state index in [1.54, 1.807) is 7.11 Å². The molecule has 0 radical (unpaired) electrons. The number of nitrogens with one attached hydrogen (secondary N) is 1. The first-order valence-electron chi connectivity index (χ1n) is 6.66. The molecular weight excluding hydrogens is 246 g/mol. The number of halogens is 1. The summed E-state index contributed by atoms with van der Waals surface area (Å²) in [4.78, 5) is 0. The van der Waals surface area contributed by atoms with E-state index in [1.165, 1.54) is 19.3 Å². The minimum absolute atomic E-state index is 0.757. The third-order valence-corrected chi connectivity index (χ3v) is 3.18. The van der Waals surface area contributed by atoms with Gasteiger partial charge < -0.3 is 10.1 Å². The maximum absolute atomic E-state index is 5.99. The molecule has 102 valence electrons. The van der Waals surface area contributed by atoms with Crippen LogP contribution in [0.1, 0.15) is 38.7 Å². The van der Waals surface area contributed by atoms with Crippen molar-refractivity contribution in [3.05, 3.63) is 28.8 Å². The van der Waals surface area contributed by atoms with Crippen LogP contribution in [0.3, 0.4) is 0 Å². The van der Waals surface area contributed by atoms with Crippen molar-refractivity contribution in [1.82, 2.24) is 5.32 Å².